The molecule has 6 rings (SSSR count). The Balaban J connectivity index is 1.41. The van der Waals surface area contributed by atoms with Crippen LogP contribution in [0.1, 0.15) is 43.6 Å². The lowest BCUT2D eigenvalue weighted by molar-refractivity contribution is 0.415. The molecule has 1 saturated carbocycles. The molecule has 1 aromatic heterocycles. The number of ether oxygens (including phenoxy) is 1. The van der Waals surface area contributed by atoms with Crippen LogP contribution in [0.2, 0.25) is 5.02 Å². The van der Waals surface area contributed by atoms with Gasteiger partial charge in [0.05, 0.1) is 18.3 Å². The van der Waals surface area contributed by atoms with Gasteiger partial charge in [-0.05, 0) is 89.0 Å². The highest BCUT2D eigenvalue weighted by molar-refractivity contribution is 6.30. The lowest BCUT2D eigenvalue weighted by Crippen LogP contribution is -2.05. The van der Waals surface area contributed by atoms with Gasteiger partial charge >= 0.3 is 0 Å². The van der Waals surface area contributed by atoms with E-state index in [4.69, 9.17) is 21.3 Å². The molecule has 1 fully saturated rings. The SMILES string of the molecule is COc1ccc(-c2ccc(Cl)cc2)c(-c2ccc3cc(-c4ccccc4C4CCCCC4)ccc3n2)c1. The van der Waals surface area contributed by atoms with Crippen LogP contribution in [-0.4, -0.2) is 12.1 Å². The third kappa shape index (κ3) is 4.86. The van der Waals surface area contributed by atoms with E-state index < -0.39 is 0 Å². The fourth-order valence-corrected chi connectivity index (χ4v) is 5.84. The zero-order valence-corrected chi connectivity index (χ0v) is 21.8. The normalized spacial score (nSPS) is 14.1. The molecule has 37 heavy (non-hydrogen) atoms. The quantitative estimate of drug-likeness (QED) is 0.238. The second-order valence-corrected chi connectivity index (χ2v) is 10.4. The smallest absolute Gasteiger partial charge is 0.119 e. The van der Waals surface area contributed by atoms with Gasteiger partial charge in [-0.2, -0.15) is 0 Å². The Hall–Kier alpha value is -3.62. The molecule has 2 nitrogen and oxygen atoms in total. The average molecular weight is 504 g/mol. The molecule has 5 aromatic rings. The van der Waals surface area contributed by atoms with Crippen LogP contribution in [0.3, 0.4) is 0 Å². The van der Waals surface area contributed by atoms with Gasteiger partial charge in [0.15, 0.2) is 0 Å². The Morgan fingerprint density at radius 2 is 1.49 bits per heavy atom. The lowest BCUT2D eigenvalue weighted by atomic mass is 9.81. The third-order valence-corrected chi connectivity index (χ3v) is 7.92. The van der Waals surface area contributed by atoms with Crippen LogP contribution >= 0.6 is 11.6 Å². The predicted octanol–water partition coefficient (Wildman–Crippen LogP) is 9.95. The number of nitrogens with zero attached hydrogens (tertiary/aromatic N) is 1. The number of benzene rings is 4. The molecule has 0 unspecified atom stereocenters. The number of rotatable bonds is 5. The number of hydrogen-bond donors (Lipinski definition) is 0. The molecule has 0 bridgehead atoms. The number of aromatic nitrogens is 1. The zero-order valence-electron chi connectivity index (χ0n) is 21.1. The first kappa shape index (κ1) is 23.8. The molecular weight excluding hydrogens is 474 g/mol. The maximum atomic E-state index is 6.15. The van der Waals surface area contributed by atoms with E-state index in [9.17, 15) is 0 Å². The molecule has 4 aromatic carbocycles. The van der Waals surface area contributed by atoms with Crippen LogP contribution in [0.15, 0.2) is 97.1 Å². The van der Waals surface area contributed by atoms with Crippen molar-refractivity contribution in [2.24, 2.45) is 0 Å². The minimum Gasteiger partial charge on any atom is -0.497 e. The Labute approximate surface area is 223 Å². The van der Waals surface area contributed by atoms with Crippen molar-refractivity contribution >= 4 is 22.5 Å². The van der Waals surface area contributed by atoms with Gasteiger partial charge < -0.3 is 4.74 Å². The molecule has 0 saturated heterocycles. The molecule has 0 N–H and O–H groups in total. The minimum atomic E-state index is 0.667. The summed E-state index contributed by atoms with van der Waals surface area (Å²) in [5, 5.41) is 1.87. The van der Waals surface area contributed by atoms with Gasteiger partial charge in [-0.3, -0.25) is 0 Å². The number of fused-ring (bicyclic) bond motifs is 1. The van der Waals surface area contributed by atoms with Gasteiger partial charge in [-0.25, -0.2) is 4.98 Å². The second-order valence-electron chi connectivity index (χ2n) is 9.94. The van der Waals surface area contributed by atoms with E-state index in [1.807, 2.05) is 30.3 Å². The number of hydrogen-bond acceptors (Lipinski definition) is 2. The molecule has 184 valence electrons. The van der Waals surface area contributed by atoms with Gasteiger partial charge in [-0.15, -0.1) is 0 Å². The molecule has 0 radical (unpaired) electrons. The first-order valence-electron chi connectivity index (χ1n) is 13.1. The van der Waals surface area contributed by atoms with Gasteiger partial charge in [0.1, 0.15) is 5.75 Å². The third-order valence-electron chi connectivity index (χ3n) is 7.66. The number of methoxy groups -OCH3 is 1. The predicted molar refractivity (Wildman–Crippen MR) is 155 cm³/mol. The number of pyridine rings is 1. The number of halogens is 1. The summed E-state index contributed by atoms with van der Waals surface area (Å²) in [6, 6.07) is 34.0. The first-order valence-corrected chi connectivity index (χ1v) is 13.5. The summed E-state index contributed by atoms with van der Waals surface area (Å²) in [7, 11) is 1.70. The Kier molecular flexibility index (Phi) is 6.68. The van der Waals surface area contributed by atoms with Crippen LogP contribution < -0.4 is 4.74 Å². The topological polar surface area (TPSA) is 22.1 Å². The van der Waals surface area contributed by atoms with Crippen molar-refractivity contribution in [2.75, 3.05) is 7.11 Å². The molecule has 1 aliphatic carbocycles. The summed E-state index contributed by atoms with van der Waals surface area (Å²) >= 11 is 6.15. The van der Waals surface area contributed by atoms with Crippen molar-refractivity contribution in [1.29, 1.82) is 0 Å². The van der Waals surface area contributed by atoms with Crippen molar-refractivity contribution in [3.05, 3.63) is 108 Å². The van der Waals surface area contributed by atoms with Crippen molar-refractivity contribution in [2.45, 2.75) is 38.0 Å². The summed E-state index contributed by atoms with van der Waals surface area (Å²) in [6.07, 6.45) is 6.64. The van der Waals surface area contributed by atoms with E-state index in [0.29, 0.717) is 5.92 Å². The highest BCUT2D eigenvalue weighted by Gasteiger charge is 2.19. The highest BCUT2D eigenvalue weighted by Crippen LogP contribution is 2.39. The van der Waals surface area contributed by atoms with Gasteiger partial charge in [0.25, 0.3) is 0 Å². The van der Waals surface area contributed by atoms with Crippen molar-refractivity contribution in [3.63, 3.8) is 0 Å². The molecular formula is C34H30ClNO. The van der Waals surface area contributed by atoms with Crippen molar-refractivity contribution in [1.82, 2.24) is 4.98 Å². The fraction of sp³-hybridized carbons (Fsp3) is 0.206. The van der Waals surface area contributed by atoms with E-state index in [-0.39, 0.29) is 0 Å². The minimum absolute atomic E-state index is 0.667. The Morgan fingerprint density at radius 3 is 2.30 bits per heavy atom. The molecule has 0 aliphatic heterocycles. The average Bonchev–Trinajstić information content (AvgIpc) is 2.97. The second kappa shape index (κ2) is 10.4. The van der Waals surface area contributed by atoms with Crippen LogP contribution in [0.25, 0.3) is 44.4 Å². The van der Waals surface area contributed by atoms with E-state index in [2.05, 4.69) is 66.7 Å². The maximum Gasteiger partial charge on any atom is 0.119 e. The van der Waals surface area contributed by atoms with E-state index in [0.717, 1.165) is 44.1 Å². The molecule has 1 aliphatic rings. The summed E-state index contributed by atoms with van der Waals surface area (Å²) in [5.41, 5.74) is 9.27. The molecule has 0 spiro atoms. The summed E-state index contributed by atoms with van der Waals surface area (Å²) in [6.45, 7) is 0. The molecule has 0 amide bonds. The van der Waals surface area contributed by atoms with Crippen molar-refractivity contribution in [3.8, 4) is 39.3 Å². The maximum absolute atomic E-state index is 6.15. The van der Waals surface area contributed by atoms with E-state index in [1.54, 1.807) is 7.11 Å². The molecule has 3 heteroatoms. The summed E-state index contributed by atoms with van der Waals surface area (Å²) in [4.78, 5) is 5.09. The molecule has 1 heterocycles. The van der Waals surface area contributed by atoms with Crippen LogP contribution in [-0.2, 0) is 0 Å². The van der Waals surface area contributed by atoms with Crippen LogP contribution in [0, 0.1) is 0 Å². The van der Waals surface area contributed by atoms with Gasteiger partial charge in [-0.1, -0.05) is 85.5 Å². The standard InChI is InChI=1S/C34H30ClNO/c1-37-28-17-18-31(24-11-15-27(35)16-12-24)32(22-28)34-20-14-26-21-25(13-19-33(26)36-34)30-10-6-5-9-29(30)23-7-3-2-4-8-23/h5-6,9-23H,2-4,7-8H2,1H3. The zero-order chi connectivity index (χ0) is 25.2. The Bertz CT molecular complexity index is 1550. The monoisotopic (exact) mass is 503 g/mol. The first-order chi connectivity index (χ1) is 18.2. The van der Waals surface area contributed by atoms with E-state index >= 15 is 0 Å². The molecule has 0 atom stereocenters. The highest BCUT2D eigenvalue weighted by atomic mass is 35.5. The van der Waals surface area contributed by atoms with Crippen LogP contribution in [0.4, 0.5) is 0 Å². The van der Waals surface area contributed by atoms with Gasteiger partial charge in [0, 0.05) is 16.0 Å². The summed E-state index contributed by atoms with van der Waals surface area (Å²) < 4.78 is 5.55. The lowest BCUT2D eigenvalue weighted by Gasteiger charge is -2.24. The fourth-order valence-electron chi connectivity index (χ4n) is 5.72. The van der Waals surface area contributed by atoms with Crippen LogP contribution in [0.5, 0.6) is 5.75 Å². The van der Waals surface area contributed by atoms with Gasteiger partial charge in [0.2, 0.25) is 0 Å². The summed E-state index contributed by atoms with van der Waals surface area (Å²) in [5.74, 6) is 1.48. The van der Waals surface area contributed by atoms with E-state index in [1.165, 1.54) is 48.8 Å². The van der Waals surface area contributed by atoms with Crippen molar-refractivity contribution < 1.29 is 4.74 Å². The largest absolute Gasteiger partial charge is 0.497 e. The Morgan fingerprint density at radius 1 is 0.703 bits per heavy atom.